The second-order valence-corrected chi connectivity index (χ2v) is 4.77. The van der Waals surface area contributed by atoms with Crippen molar-refractivity contribution in [1.82, 2.24) is 14.1 Å². The van der Waals surface area contributed by atoms with Crippen LogP contribution in [0.1, 0.15) is 27.7 Å². The maximum atomic E-state index is 11.9. The Morgan fingerprint density at radius 2 is 2.28 bits per heavy atom. The standard InChI is InChI=1S/C12H11N3O2S/c16-10-5-7-3-1-2-4-8(7)11(10)14-12(17)9-6-13-18-15-9/h1-4,6,10-11,16H,5H2,(H,14,17)/t10-,11+/m1/s1. The van der Waals surface area contributed by atoms with Crippen LogP contribution in [0.2, 0.25) is 0 Å². The molecular weight excluding hydrogens is 250 g/mol. The lowest BCUT2D eigenvalue weighted by Gasteiger charge is -2.16. The summed E-state index contributed by atoms with van der Waals surface area (Å²) in [5, 5.41) is 12.8. The number of aromatic nitrogens is 2. The van der Waals surface area contributed by atoms with E-state index in [0.29, 0.717) is 6.42 Å². The van der Waals surface area contributed by atoms with Crippen LogP contribution in [0.3, 0.4) is 0 Å². The van der Waals surface area contributed by atoms with Crippen LogP contribution in [-0.4, -0.2) is 25.9 Å². The molecule has 18 heavy (non-hydrogen) atoms. The third-order valence-electron chi connectivity index (χ3n) is 3.08. The number of fused-ring (bicyclic) bond motifs is 1. The Bertz CT molecular complexity index is 570. The molecule has 0 saturated carbocycles. The Balaban J connectivity index is 1.83. The van der Waals surface area contributed by atoms with E-state index < -0.39 is 6.10 Å². The van der Waals surface area contributed by atoms with E-state index in [1.54, 1.807) is 0 Å². The maximum Gasteiger partial charge on any atom is 0.273 e. The smallest absolute Gasteiger partial charge is 0.273 e. The van der Waals surface area contributed by atoms with Gasteiger partial charge in [0.2, 0.25) is 0 Å². The zero-order valence-electron chi connectivity index (χ0n) is 9.41. The van der Waals surface area contributed by atoms with E-state index in [1.807, 2.05) is 24.3 Å². The summed E-state index contributed by atoms with van der Waals surface area (Å²) in [6, 6.07) is 7.36. The van der Waals surface area contributed by atoms with Crippen molar-refractivity contribution in [3.63, 3.8) is 0 Å². The third-order valence-corrected chi connectivity index (χ3v) is 3.56. The number of nitrogens with zero attached hydrogens (tertiary/aromatic N) is 2. The monoisotopic (exact) mass is 261 g/mol. The van der Waals surface area contributed by atoms with Gasteiger partial charge in [0, 0.05) is 6.42 Å². The van der Waals surface area contributed by atoms with Crippen molar-refractivity contribution in [2.24, 2.45) is 0 Å². The molecule has 1 amide bonds. The highest BCUT2D eigenvalue weighted by Crippen LogP contribution is 2.31. The van der Waals surface area contributed by atoms with E-state index in [4.69, 9.17) is 0 Å². The predicted octanol–water partition coefficient (Wildman–Crippen LogP) is 0.926. The minimum atomic E-state index is -0.585. The average molecular weight is 261 g/mol. The molecular formula is C12H11N3O2S. The third kappa shape index (κ3) is 1.89. The number of aliphatic hydroxyl groups excluding tert-OH is 1. The zero-order valence-corrected chi connectivity index (χ0v) is 10.2. The molecule has 0 spiro atoms. The van der Waals surface area contributed by atoms with Crippen molar-refractivity contribution < 1.29 is 9.90 Å². The molecule has 0 unspecified atom stereocenters. The summed E-state index contributed by atoms with van der Waals surface area (Å²) >= 11 is 0.989. The van der Waals surface area contributed by atoms with Gasteiger partial charge < -0.3 is 10.4 Å². The normalized spacial score (nSPS) is 21.6. The van der Waals surface area contributed by atoms with Gasteiger partial charge in [-0.1, -0.05) is 24.3 Å². The van der Waals surface area contributed by atoms with Crippen molar-refractivity contribution in [3.8, 4) is 0 Å². The van der Waals surface area contributed by atoms with E-state index in [2.05, 4.69) is 14.1 Å². The molecule has 0 radical (unpaired) electrons. The Labute approximate surface area is 108 Å². The van der Waals surface area contributed by atoms with Gasteiger partial charge in [0.15, 0.2) is 5.69 Å². The summed E-state index contributed by atoms with van der Waals surface area (Å²) in [6.45, 7) is 0. The highest BCUT2D eigenvalue weighted by molar-refractivity contribution is 6.99. The summed E-state index contributed by atoms with van der Waals surface area (Å²) < 4.78 is 7.66. The van der Waals surface area contributed by atoms with Crippen molar-refractivity contribution in [3.05, 3.63) is 47.3 Å². The summed E-state index contributed by atoms with van der Waals surface area (Å²) in [6.07, 6.45) is 1.40. The van der Waals surface area contributed by atoms with Gasteiger partial charge in [-0.15, -0.1) is 0 Å². The topological polar surface area (TPSA) is 75.1 Å². The number of benzene rings is 1. The van der Waals surface area contributed by atoms with Crippen LogP contribution >= 0.6 is 11.7 Å². The lowest BCUT2D eigenvalue weighted by molar-refractivity contribution is 0.0854. The minimum Gasteiger partial charge on any atom is -0.390 e. The lowest BCUT2D eigenvalue weighted by atomic mass is 10.1. The number of hydrogen-bond donors (Lipinski definition) is 2. The second-order valence-electron chi connectivity index (χ2n) is 4.21. The number of nitrogens with one attached hydrogen (secondary N) is 1. The minimum absolute atomic E-state index is 0.289. The first-order valence-electron chi connectivity index (χ1n) is 5.60. The molecule has 0 fully saturated rings. The number of carbonyl (C=O) groups is 1. The SMILES string of the molecule is O=C(N[C@H]1c2ccccc2C[C@H]1O)c1cnsn1. The van der Waals surface area contributed by atoms with Crippen LogP contribution in [-0.2, 0) is 6.42 Å². The number of carbonyl (C=O) groups excluding carboxylic acids is 1. The summed E-state index contributed by atoms with van der Waals surface area (Å²) in [7, 11) is 0. The van der Waals surface area contributed by atoms with Crippen molar-refractivity contribution in [2.75, 3.05) is 0 Å². The highest BCUT2D eigenvalue weighted by Gasteiger charge is 2.32. The Morgan fingerprint density at radius 1 is 1.44 bits per heavy atom. The fourth-order valence-electron chi connectivity index (χ4n) is 2.23. The largest absolute Gasteiger partial charge is 0.390 e. The molecule has 0 bridgehead atoms. The molecule has 2 atom stereocenters. The van der Waals surface area contributed by atoms with Crippen LogP contribution in [0.25, 0.3) is 0 Å². The van der Waals surface area contributed by atoms with E-state index in [-0.39, 0.29) is 17.6 Å². The van der Waals surface area contributed by atoms with Crippen LogP contribution < -0.4 is 5.32 Å². The van der Waals surface area contributed by atoms with Gasteiger partial charge in [-0.05, 0) is 11.1 Å². The number of hydrogen-bond acceptors (Lipinski definition) is 5. The first kappa shape index (κ1) is 11.3. The molecule has 5 nitrogen and oxygen atoms in total. The summed E-state index contributed by atoms with van der Waals surface area (Å²) in [5.41, 5.74) is 2.34. The van der Waals surface area contributed by atoms with Crippen molar-refractivity contribution >= 4 is 17.6 Å². The molecule has 0 saturated heterocycles. The molecule has 6 heteroatoms. The lowest BCUT2D eigenvalue weighted by Crippen LogP contribution is -2.34. The van der Waals surface area contributed by atoms with Crippen molar-refractivity contribution in [1.29, 1.82) is 0 Å². The number of rotatable bonds is 2. The predicted molar refractivity (Wildman–Crippen MR) is 66.3 cm³/mol. The number of amides is 1. The van der Waals surface area contributed by atoms with Crippen LogP contribution in [0.5, 0.6) is 0 Å². The zero-order chi connectivity index (χ0) is 12.5. The van der Waals surface area contributed by atoms with Crippen molar-refractivity contribution in [2.45, 2.75) is 18.6 Å². The van der Waals surface area contributed by atoms with Gasteiger partial charge >= 0.3 is 0 Å². The fourth-order valence-corrected chi connectivity index (χ4v) is 2.64. The van der Waals surface area contributed by atoms with Gasteiger partial charge in [0.05, 0.1) is 30.1 Å². The molecule has 2 aromatic rings. The van der Waals surface area contributed by atoms with Crippen LogP contribution in [0.4, 0.5) is 0 Å². The molecule has 3 rings (SSSR count). The molecule has 1 heterocycles. The number of aliphatic hydroxyl groups is 1. The summed E-state index contributed by atoms with van der Waals surface area (Å²) in [5.74, 6) is -0.301. The van der Waals surface area contributed by atoms with Gasteiger partial charge in [0.1, 0.15) is 0 Å². The molecule has 2 N–H and O–H groups in total. The van der Waals surface area contributed by atoms with E-state index in [1.165, 1.54) is 6.20 Å². The molecule has 1 aliphatic carbocycles. The van der Waals surface area contributed by atoms with E-state index >= 15 is 0 Å². The molecule has 0 aliphatic heterocycles. The Kier molecular flexibility index (Phi) is 2.81. The van der Waals surface area contributed by atoms with E-state index in [0.717, 1.165) is 22.9 Å². The molecule has 1 aromatic heterocycles. The van der Waals surface area contributed by atoms with Crippen LogP contribution in [0, 0.1) is 0 Å². The van der Waals surface area contributed by atoms with Crippen LogP contribution in [0.15, 0.2) is 30.5 Å². The van der Waals surface area contributed by atoms with Gasteiger partial charge in [-0.3, -0.25) is 4.79 Å². The quantitative estimate of drug-likeness (QED) is 0.843. The second kappa shape index (κ2) is 4.47. The van der Waals surface area contributed by atoms with E-state index in [9.17, 15) is 9.90 Å². The fraction of sp³-hybridized carbons (Fsp3) is 0.250. The molecule has 1 aromatic carbocycles. The first-order chi connectivity index (χ1) is 8.75. The Hall–Kier alpha value is -1.79. The average Bonchev–Trinajstić information content (AvgIpc) is 2.98. The van der Waals surface area contributed by atoms with Gasteiger partial charge in [-0.2, -0.15) is 8.75 Å². The Morgan fingerprint density at radius 3 is 3.06 bits per heavy atom. The first-order valence-corrected chi connectivity index (χ1v) is 6.33. The van der Waals surface area contributed by atoms with Gasteiger partial charge in [-0.25, -0.2) is 0 Å². The summed E-state index contributed by atoms with van der Waals surface area (Å²) in [4.78, 5) is 11.9. The highest BCUT2D eigenvalue weighted by atomic mass is 32.1. The maximum absolute atomic E-state index is 11.9. The van der Waals surface area contributed by atoms with Gasteiger partial charge in [0.25, 0.3) is 5.91 Å². The molecule has 1 aliphatic rings. The molecule has 92 valence electrons.